The molecule has 9 nitrogen and oxygen atoms in total. The topological polar surface area (TPSA) is 85.3 Å². The average molecular weight is 384 g/mol. The van der Waals surface area contributed by atoms with E-state index < -0.39 is 0 Å². The molecule has 3 aliphatic heterocycles. The number of benzene rings is 1. The van der Waals surface area contributed by atoms with E-state index in [0.717, 1.165) is 35.9 Å². The van der Waals surface area contributed by atoms with Crippen molar-refractivity contribution in [2.24, 2.45) is 0 Å². The third-order valence-corrected chi connectivity index (χ3v) is 5.27. The maximum absolute atomic E-state index is 6.27. The fraction of sp³-hybridized carbons (Fsp3) is 0.294. The van der Waals surface area contributed by atoms with Crippen LogP contribution in [0, 0.1) is 0 Å². The smallest absolute Gasteiger partial charge is 0.296 e. The summed E-state index contributed by atoms with van der Waals surface area (Å²) >= 11 is 6.27. The van der Waals surface area contributed by atoms with Crippen molar-refractivity contribution in [1.82, 2.24) is 29.3 Å². The molecular weight excluding hydrogens is 370 g/mol. The van der Waals surface area contributed by atoms with Crippen LogP contribution in [0.1, 0.15) is 18.2 Å². The van der Waals surface area contributed by atoms with Crippen molar-refractivity contribution in [2.45, 2.75) is 12.3 Å². The van der Waals surface area contributed by atoms with Gasteiger partial charge in [-0.05, 0) is 18.6 Å². The molecule has 1 fully saturated rings. The predicted octanol–water partition coefficient (Wildman–Crippen LogP) is 2.50. The van der Waals surface area contributed by atoms with Gasteiger partial charge in [0.25, 0.3) is 5.89 Å². The van der Waals surface area contributed by atoms with E-state index in [1.54, 1.807) is 4.42 Å². The van der Waals surface area contributed by atoms with Crippen LogP contribution in [0.3, 0.4) is 0 Å². The first-order chi connectivity index (χ1) is 13.3. The Hall–Kier alpha value is -2.91. The zero-order valence-corrected chi connectivity index (χ0v) is 14.9. The van der Waals surface area contributed by atoms with E-state index in [-0.39, 0.29) is 5.92 Å². The molecule has 3 aromatic rings. The van der Waals surface area contributed by atoms with Gasteiger partial charge >= 0.3 is 0 Å². The van der Waals surface area contributed by atoms with Crippen molar-refractivity contribution >= 4 is 23.3 Å². The number of aromatic nitrogens is 5. The van der Waals surface area contributed by atoms with Gasteiger partial charge < -0.3 is 14.2 Å². The number of hydrogen-bond acceptors (Lipinski definition) is 8. The number of hydrogen-bond donors (Lipinski definition) is 0. The monoisotopic (exact) mass is 383 g/mol. The van der Waals surface area contributed by atoms with E-state index in [0.29, 0.717) is 30.8 Å². The van der Waals surface area contributed by atoms with Gasteiger partial charge in [0.05, 0.1) is 18.5 Å². The van der Waals surface area contributed by atoms with Crippen molar-refractivity contribution in [3.8, 4) is 23.1 Å². The van der Waals surface area contributed by atoms with Crippen molar-refractivity contribution in [1.29, 1.82) is 0 Å². The quantitative estimate of drug-likeness (QED) is 0.624. The van der Waals surface area contributed by atoms with Crippen LogP contribution in [-0.2, 0) is 4.74 Å². The lowest BCUT2D eigenvalue weighted by Crippen LogP contribution is -2.28. The summed E-state index contributed by atoms with van der Waals surface area (Å²) in [5, 5.41) is 12.9. The maximum Gasteiger partial charge on any atom is 0.296 e. The Bertz CT molecular complexity index is 1070. The Morgan fingerprint density at radius 3 is 2.93 bits per heavy atom. The predicted molar refractivity (Wildman–Crippen MR) is 96.2 cm³/mol. The molecule has 0 saturated carbocycles. The van der Waals surface area contributed by atoms with Gasteiger partial charge in [0, 0.05) is 29.9 Å². The molecule has 1 unspecified atom stereocenters. The van der Waals surface area contributed by atoms with Gasteiger partial charge in [0.15, 0.2) is 11.6 Å². The molecule has 2 aromatic heterocycles. The van der Waals surface area contributed by atoms with Crippen LogP contribution in [0.5, 0.6) is 0 Å². The summed E-state index contributed by atoms with van der Waals surface area (Å²) in [6.07, 6.45) is 2.74. The molecule has 0 amide bonds. The Morgan fingerprint density at radius 2 is 2.04 bits per heavy atom. The zero-order chi connectivity index (χ0) is 18.0. The lowest BCUT2D eigenvalue weighted by atomic mass is 10.1. The Labute approximate surface area is 158 Å². The van der Waals surface area contributed by atoms with E-state index in [4.69, 9.17) is 21.0 Å². The minimum Gasteiger partial charge on any atom is -0.381 e. The van der Waals surface area contributed by atoms with E-state index in [1.165, 1.54) is 0 Å². The van der Waals surface area contributed by atoms with E-state index in [1.807, 2.05) is 35.0 Å². The van der Waals surface area contributed by atoms with E-state index >= 15 is 0 Å². The first kappa shape index (κ1) is 15.2. The third kappa shape index (κ3) is 2.15. The number of para-hydroxylation sites is 1. The second kappa shape index (κ2) is 5.54. The number of halogens is 1. The fourth-order valence-electron chi connectivity index (χ4n) is 3.76. The summed E-state index contributed by atoms with van der Waals surface area (Å²) in [6.45, 7) is 1.86. The largest absolute Gasteiger partial charge is 0.381 e. The molecule has 0 spiro atoms. The fourth-order valence-corrected chi connectivity index (χ4v) is 3.96. The first-order valence-corrected chi connectivity index (χ1v) is 9.02. The number of nitrogens with zero attached hydrogens (tertiary/aromatic N) is 7. The van der Waals surface area contributed by atoms with Gasteiger partial charge in [-0.1, -0.05) is 17.3 Å². The van der Waals surface area contributed by atoms with Crippen LogP contribution in [0.15, 0.2) is 35.0 Å². The summed E-state index contributed by atoms with van der Waals surface area (Å²) < 4.78 is 14.4. The molecule has 1 aromatic carbocycles. The zero-order valence-electron chi connectivity index (χ0n) is 14.1. The summed E-state index contributed by atoms with van der Waals surface area (Å²) in [7, 11) is 0. The van der Waals surface area contributed by atoms with Crippen molar-refractivity contribution in [3.05, 3.63) is 36.3 Å². The van der Waals surface area contributed by atoms with Crippen molar-refractivity contribution in [3.63, 3.8) is 0 Å². The average Bonchev–Trinajstić information content (AvgIpc) is 3.44. The molecule has 136 valence electrons. The molecule has 3 aliphatic rings. The van der Waals surface area contributed by atoms with Crippen LogP contribution >= 0.6 is 11.8 Å². The lowest BCUT2D eigenvalue weighted by molar-refractivity contribution is 0.192. The van der Waals surface area contributed by atoms with Gasteiger partial charge in [0.1, 0.15) is 12.5 Å². The summed E-state index contributed by atoms with van der Waals surface area (Å²) in [5.74, 6) is 3.21. The van der Waals surface area contributed by atoms with Gasteiger partial charge in [-0.15, -0.1) is 10.2 Å². The summed E-state index contributed by atoms with van der Waals surface area (Å²) in [4.78, 5) is 6.66. The third-order valence-electron chi connectivity index (χ3n) is 5.06. The molecule has 10 heteroatoms. The molecule has 27 heavy (non-hydrogen) atoms. The van der Waals surface area contributed by atoms with Crippen LogP contribution in [0.4, 0.5) is 5.69 Å². The van der Waals surface area contributed by atoms with Crippen LogP contribution < -0.4 is 4.90 Å². The second-order valence-electron chi connectivity index (χ2n) is 6.67. The van der Waals surface area contributed by atoms with Crippen molar-refractivity contribution in [2.75, 3.05) is 24.8 Å². The molecule has 0 aliphatic carbocycles. The lowest BCUT2D eigenvalue weighted by Gasteiger charge is -2.29. The van der Waals surface area contributed by atoms with Gasteiger partial charge in [-0.25, -0.2) is 0 Å². The van der Waals surface area contributed by atoms with E-state index in [9.17, 15) is 0 Å². The number of ether oxygens (including phenoxy) is 1. The second-order valence-corrected chi connectivity index (χ2v) is 7.11. The molecule has 5 heterocycles. The van der Waals surface area contributed by atoms with E-state index in [2.05, 4.69) is 25.2 Å². The maximum atomic E-state index is 6.27. The molecular formula is C17H14ClN7O2. The molecule has 1 saturated heterocycles. The highest BCUT2D eigenvalue weighted by Gasteiger charge is 2.36. The highest BCUT2D eigenvalue weighted by atomic mass is 35.5. The van der Waals surface area contributed by atoms with Gasteiger partial charge in [0.2, 0.25) is 5.82 Å². The summed E-state index contributed by atoms with van der Waals surface area (Å²) in [6, 6.07) is 8.03. The highest BCUT2D eigenvalue weighted by molar-refractivity contribution is 6.15. The number of rotatable bonds is 2. The minimum atomic E-state index is 0.160. The number of anilines is 1. The highest BCUT2D eigenvalue weighted by Crippen LogP contribution is 2.43. The van der Waals surface area contributed by atoms with Crippen molar-refractivity contribution < 1.29 is 9.26 Å². The molecule has 0 bridgehead atoms. The van der Waals surface area contributed by atoms with Crippen LogP contribution in [0.25, 0.3) is 28.9 Å². The Morgan fingerprint density at radius 1 is 1.15 bits per heavy atom. The normalized spacial score (nSPS) is 20.5. The Kier molecular flexibility index (Phi) is 3.12. The van der Waals surface area contributed by atoms with Crippen LogP contribution in [-0.4, -0.2) is 49.2 Å². The molecule has 0 radical (unpaired) electrons. The van der Waals surface area contributed by atoms with Crippen LogP contribution in [0.2, 0.25) is 0 Å². The standard InChI is InChI=1S/C17H14ClN7O2/c18-23-7-13-24(9-23)12-4-2-1-3-11(12)15-20-21-16(25(13)15)17-19-14(22-27-17)10-5-6-26-8-10/h1-4,7,10H,5-6,8-9H2. The molecule has 0 N–H and O–H groups in total. The molecule has 1 atom stereocenters. The summed E-state index contributed by atoms with van der Waals surface area (Å²) in [5.41, 5.74) is 2.01. The van der Waals surface area contributed by atoms with Gasteiger partial charge in [-0.3, -0.25) is 8.99 Å². The Balaban J connectivity index is 1.51. The van der Waals surface area contributed by atoms with Gasteiger partial charge in [-0.2, -0.15) is 4.98 Å². The SMILES string of the molecule is ClN1C=C2N(C1)c1ccccc1-c1nnc(-c3nc(C4CCOC4)no3)n12. The molecule has 6 rings (SSSR count). The number of fused-ring (bicyclic) bond motifs is 6. The first-order valence-electron chi connectivity index (χ1n) is 8.68. The minimum absolute atomic E-state index is 0.160.